The van der Waals surface area contributed by atoms with E-state index in [2.05, 4.69) is 60.4 Å². The van der Waals surface area contributed by atoms with Crippen molar-refractivity contribution in [3.05, 3.63) is 266 Å². The van der Waals surface area contributed by atoms with Crippen molar-refractivity contribution in [1.29, 1.82) is 0 Å². The summed E-state index contributed by atoms with van der Waals surface area (Å²) in [6, 6.07) is 23.6. The number of aryl methyl sites for hydroxylation is 1. The summed E-state index contributed by atoms with van der Waals surface area (Å²) < 4.78 is 86.7. The molecule has 0 saturated carbocycles. The standard InChI is InChI=1S/C23H19ClN6O.C22H16ClF2N7O.C22H17ClFN7O/c1-13(27-22-20(26-3)21(25)28-14(2)29-22)18-12-15-8-7-11-17(24)19(15)23(31)30(18)16-9-5-4-6-10-16;1-10(29-20-18(28-2)19(26)30-22(27)31-20)16-6-11-4-3-5-15(23)17(11)21(33)32(16)14-8-12(24)7-13(25)9-14;1-11(28-20-18(27-2)19(25)29-22(26)30-20)16-9-12-5-3-8-15(23)17(12)21(32)31(16)14-7-4-6-13(24)10-14/h4-13H,1-2H3,(H3,25,27,28,29);3-10H,1H3,(H5,26,27,29,30,31);3-11H,1H3,(H5,25,26,28,29,30)/t13-;10-;11-/m000/s1/i4D,5D,6D,9D,10D;;. The SMILES string of the molecule is [2H]c1c([2H])c([2H])c(-n2c([C@H](C)Nc3nc(C)nc(N)c3[N+]#[C-])cc3cccc(Cl)c3c2=O)c([2H])c1[2H].[C-]#[N+]c1c(N)nc(N)nc1N[C@@H](C)c1cc2cccc(Cl)c2c(=O)n1-c1cc(F)cc(F)c1.[C-]#[N+]c1c(N)nc(N)nc1N[C@@H](C)c1cc2cccc(Cl)c2c(=O)n1-c1cccc(F)c1. The molecule has 0 aliphatic carbocycles. The zero-order chi connectivity index (χ0) is 73.3. The summed E-state index contributed by atoms with van der Waals surface area (Å²) in [5.41, 5.74) is 28.2. The Kier molecular flexibility index (Phi) is 17.4. The zero-order valence-corrected chi connectivity index (χ0v) is 52.7. The van der Waals surface area contributed by atoms with Crippen molar-refractivity contribution >= 4 is 131 Å². The fraction of sp³-hybridized carbons (Fsp3) is 0.104. The summed E-state index contributed by atoms with van der Waals surface area (Å²) in [7, 11) is 0. The number of fused-ring (bicyclic) bond motifs is 3. The third-order valence-electron chi connectivity index (χ3n) is 14.6. The highest BCUT2D eigenvalue weighted by Gasteiger charge is 2.25. The molecule has 0 fully saturated rings. The van der Waals surface area contributed by atoms with E-state index < -0.39 is 82.5 Å². The van der Waals surface area contributed by atoms with Crippen molar-refractivity contribution < 1.29 is 20.0 Å². The normalized spacial score (nSPS) is 12.6. The van der Waals surface area contributed by atoms with E-state index in [0.717, 1.165) is 21.3 Å². The smallest absolute Gasteiger partial charge is 0.268 e. The Balaban J connectivity index is 0.000000164. The van der Waals surface area contributed by atoms with Crippen molar-refractivity contribution in [2.45, 2.75) is 45.8 Å². The number of pyridine rings is 3. The summed E-state index contributed by atoms with van der Waals surface area (Å²) in [5, 5.41) is 12.0. The lowest BCUT2D eigenvalue weighted by Crippen LogP contribution is -2.26. The Morgan fingerprint density at radius 1 is 0.458 bits per heavy atom. The van der Waals surface area contributed by atoms with Gasteiger partial charge < -0.3 is 44.6 Å². The molecule has 0 unspecified atom stereocenters. The quantitative estimate of drug-likeness (QED) is 0.0527. The molecule has 29 heteroatoms. The first-order valence-electron chi connectivity index (χ1n) is 30.7. The summed E-state index contributed by atoms with van der Waals surface area (Å²) in [4.78, 5) is 74.8. The molecule has 0 spiro atoms. The summed E-state index contributed by atoms with van der Waals surface area (Å²) in [6.07, 6.45) is 0. The molecule has 13 N–H and O–H groups in total. The monoisotopic (exact) mass is 1350 g/mol. The average Bonchev–Trinajstić information content (AvgIpc) is 0.752. The third-order valence-corrected chi connectivity index (χ3v) is 15.5. The van der Waals surface area contributed by atoms with Gasteiger partial charge in [-0.2, -0.15) is 0 Å². The molecule has 480 valence electrons. The molecule has 0 aliphatic rings. The van der Waals surface area contributed by atoms with Gasteiger partial charge in [0.1, 0.15) is 58.2 Å². The molecule has 6 heterocycles. The number of rotatable bonds is 12. The molecule has 0 radical (unpaired) electrons. The number of para-hydroxylation sites is 1. The Bertz CT molecular complexity index is 5710. The molecule has 0 amide bonds. The predicted molar refractivity (Wildman–Crippen MR) is 371 cm³/mol. The number of hydrogen-bond acceptors (Lipinski definition) is 17. The van der Waals surface area contributed by atoms with Gasteiger partial charge in [0, 0.05) is 28.8 Å². The van der Waals surface area contributed by atoms with Crippen LogP contribution in [0.4, 0.5) is 77.0 Å². The van der Waals surface area contributed by atoms with Crippen molar-refractivity contribution in [2.75, 3.05) is 44.6 Å². The number of halogens is 6. The van der Waals surface area contributed by atoms with Gasteiger partial charge in [0.15, 0.2) is 0 Å². The lowest BCUT2D eigenvalue weighted by atomic mass is 10.1. The number of nitrogens with zero attached hydrogens (tertiary/aromatic N) is 12. The molecule has 0 aliphatic heterocycles. The molecule has 0 bridgehead atoms. The molecule has 3 atom stereocenters. The van der Waals surface area contributed by atoms with Crippen LogP contribution in [0.15, 0.2) is 160 Å². The first-order chi connectivity index (χ1) is 48.0. The van der Waals surface area contributed by atoms with E-state index in [1.807, 2.05) is 0 Å². The van der Waals surface area contributed by atoms with Gasteiger partial charge in [0.2, 0.25) is 11.9 Å². The average molecular weight is 1350 g/mol. The van der Waals surface area contributed by atoms with Crippen LogP contribution in [0, 0.1) is 44.1 Å². The van der Waals surface area contributed by atoms with Crippen LogP contribution < -0.4 is 61.3 Å². The number of anilines is 8. The fourth-order valence-electron chi connectivity index (χ4n) is 10.4. The molecule has 12 aromatic rings. The van der Waals surface area contributed by atoms with Gasteiger partial charge in [-0.05, 0) is 123 Å². The Morgan fingerprint density at radius 3 is 1.21 bits per heavy atom. The number of aromatic nitrogens is 9. The van der Waals surface area contributed by atoms with Crippen LogP contribution in [0.5, 0.6) is 0 Å². The Labute approximate surface area is 565 Å². The van der Waals surface area contributed by atoms with E-state index in [-0.39, 0.29) is 107 Å². The summed E-state index contributed by atoms with van der Waals surface area (Å²) in [6.45, 7) is 28.9. The van der Waals surface area contributed by atoms with Crippen molar-refractivity contribution in [3.8, 4) is 17.1 Å². The minimum atomic E-state index is -0.852. The van der Waals surface area contributed by atoms with Crippen LogP contribution in [0.25, 0.3) is 63.9 Å². The van der Waals surface area contributed by atoms with Gasteiger partial charge in [-0.3, -0.25) is 28.1 Å². The molecule has 6 aromatic heterocycles. The van der Waals surface area contributed by atoms with Crippen LogP contribution in [-0.4, -0.2) is 43.6 Å². The Morgan fingerprint density at radius 2 is 0.812 bits per heavy atom. The number of nitrogens with one attached hydrogen (secondary N) is 3. The lowest BCUT2D eigenvalue weighted by molar-refractivity contribution is 0.580. The summed E-state index contributed by atoms with van der Waals surface area (Å²) >= 11 is 18.9. The van der Waals surface area contributed by atoms with E-state index in [4.69, 9.17) is 90.0 Å². The second kappa shape index (κ2) is 27.9. The van der Waals surface area contributed by atoms with E-state index >= 15 is 0 Å². The number of nitrogens with two attached hydrogens (primary N) is 5. The topological polar surface area (TPSA) is 323 Å². The van der Waals surface area contributed by atoms with E-state index in [1.54, 1.807) is 100 Å². The predicted octanol–water partition coefficient (Wildman–Crippen LogP) is 14.1. The van der Waals surface area contributed by atoms with Gasteiger partial charge in [0.25, 0.3) is 33.7 Å². The lowest BCUT2D eigenvalue weighted by Gasteiger charge is -2.22. The minimum Gasteiger partial charge on any atom is -0.392 e. The van der Waals surface area contributed by atoms with Gasteiger partial charge >= 0.3 is 0 Å². The molecular formula is C67H52Cl3F3N20O3. The van der Waals surface area contributed by atoms with E-state index in [1.165, 1.54) is 28.8 Å². The second-order valence-electron chi connectivity index (χ2n) is 20.9. The third kappa shape index (κ3) is 13.6. The van der Waals surface area contributed by atoms with Crippen LogP contribution in [0.1, 0.15) is 68.7 Å². The maximum atomic E-state index is 14.0. The molecule has 12 rings (SSSR count). The van der Waals surface area contributed by atoms with Crippen LogP contribution >= 0.6 is 34.8 Å². The highest BCUT2D eigenvalue weighted by atomic mass is 35.5. The first-order valence-corrected chi connectivity index (χ1v) is 29.3. The maximum Gasteiger partial charge on any atom is 0.268 e. The molecular weight excluding hydrogens is 1300 g/mol. The molecule has 23 nitrogen and oxygen atoms in total. The van der Waals surface area contributed by atoms with Gasteiger partial charge in [-0.25, -0.2) is 57.6 Å². The van der Waals surface area contributed by atoms with Gasteiger partial charge in [0.05, 0.1) is 87.3 Å². The highest BCUT2D eigenvalue weighted by molar-refractivity contribution is 6.36. The maximum absolute atomic E-state index is 14.0. The summed E-state index contributed by atoms with van der Waals surface area (Å²) in [5.74, 6) is -1.99. The van der Waals surface area contributed by atoms with Crippen molar-refractivity contribution in [1.82, 2.24) is 43.6 Å². The van der Waals surface area contributed by atoms with E-state index in [9.17, 15) is 27.6 Å². The van der Waals surface area contributed by atoms with Crippen LogP contribution in [0.2, 0.25) is 15.1 Å². The van der Waals surface area contributed by atoms with Crippen LogP contribution in [0.3, 0.4) is 0 Å². The number of hydrogen-bond donors (Lipinski definition) is 8. The van der Waals surface area contributed by atoms with Gasteiger partial charge in [-0.1, -0.05) is 95.4 Å². The van der Waals surface area contributed by atoms with Gasteiger partial charge in [-0.15, -0.1) is 0 Å². The highest BCUT2D eigenvalue weighted by Crippen LogP contribution is 2.37. The molecule has 96 heavy (non-hydrogen) atoms. The molecule has 0 saturated heterocycles. The van der Waals surface area contributed by atoms with Crippen molar-refractivity contribution in [3.63, 3.8) is 0 Å². The van der Waals surface area contributed by atoms with E-state index in [0.29, 0.717) is 50.5 Å². The number of benzene rings is 6. The van der Waals surface area contributed by atoms with Crippen molar-refractivity contribution in [2.24, 2.45) is 0 Å². The second-order valence-corrected chi connectivity index (χ2v) is 22.2. The molecule has 6 aromatic carbocycles. The number of nitrogen functional groups attached to an aromatic ring is 5. The zero-order valence-electron chi connectivity index (χ0n) is 55.4. The fourth-order valence-corrected chi connectivity index (χ4v) is 11.2. The van der Waals surface area contributed by atoms with Crippen LogP contribution in [-0.2, 0) is 0 Å². The first kappa shape index (κ1) is 60.0. The minimum absolute atomic E-state index is 0.00649. The Hall–Kier alpha value is -12.3. The largest absolute Gasteiger partial charge is 0.392 e.